The van der Waals surface area contributed by atoms with E-state index in [0.29, 0.717) is 0 Å². The minimum atomic E-state index is 0.810. The van der Waals surface area contributed by atoms with E-state index in [9.17, 15) is 0 Å². The molecular weight excluding hydrogens is 270 g/mol. The zero-order chi connectivity index (χ0) is 14.2. The Balaban J connectivity index is 1.55. The highest BCUT2D eigenvalue weighted by atomic mass is 35.5. The smallest absolute Gasteiger partial charge is 0.0945 e. The summed E-state index contributed by atoms with van der Waals surface area (Å²) in [5.41, 5.74) is 2.23. The summed E-state index contributed by atoms with van der Waals surface area (Å²) in [6.45, 7) is 4.10. The average molecular weight is 292 g/mol. The molecule has 0 unspecified atom stereocenters. The van der Waals surface area contributed by atoms with Gasteiger partial charge in [0.2, 0.25) is 0 Å². The first-order valence-corrected chi connectivity index (χ1v) is 7.59. The predicted molar refractivity (Wildman–Crippen MR) is 85.4 cm³/mol. The number of aromatic nitrogens is 2. The molecular formula is C16H22ClN3. The van der Waals surface area contributed by atoms with Crippen molar-refractivity contribution in [2.24, 2.45) is 0 Å². The fraction of sp³-hybridized carbons (Fsp3) is 0.438. The van der Waals surface area contributed by atoms with Crippen molar-refractivity contribution in [3.8, 4) is 0 Å². The van der Waals surface area contributed by atoms with Crippen LogP contribution < -0.4 is 5.32 Å². The maximum absolute atomic E-state index is 6.18. The monoisotopic (exact) mass is 291 g/mol. The van der Waals surface area contributed by atoms with Gasteiger partial charge < -0.3 is 9.88 Å². The molecule has 0 atom stereocenters. The topological polar surface area (TPSA) is 29.9 Å². The van der Waals surface area contributed by atoms with E-state index in [4.69, 9.17) is 11.6 Å². The Morgan fingerprint density at radius 1 is 1.20 bits per heavy atom. The van der Waals surface area contributed by atoms with E-state index >= 15 is 0 Å². The van der Waals surface area contributed by atoms with Crippen LogP contribution in [0.1, 0.15) is 31.2 Å². The summed E-state index contributed by atoms with van der Waals surface area (Å²) >= 11 is 6.18. The number of halogens is 1. The van der Waals surface area contributed by atoms with Crippen molar-refractivity contribution in [1.29, 1.82) is 0 Å². The zero-order valence-corrected chi connectivity index (χ0v) is 12.7. The Morgan fingerprint density at radius 2 is 2.05 bits per heavy atom. The Hall–Kier alpha value is -1.48. The molecule has 1 heterocycles. The molecule has 1 aromatic carbocycles. The minimum Gasteiger partial charge on any atom is -0.384 e. The number of hydrogen-bond acceptors (Lipinski definition) is 2. The second-order valence-corrected chi connectivity index (χ2v) is 5.53. The molecule has 2 aromatic rings. The summed E-state index contributed by atoms with van der Waals surface area (Å²) in [6, 6.07) is 6.13. The number of benzene rings is 1. The van der Waals surface area contributed by atoms with Gasteiger partial charge in [0.1, 0.15) is 0 Å². The molecule has 3 nitrogen and oxygen atoms in total. The van der Waals surface area contributed by atoms with Gasteiger partial charge in [0.25, 0.3) is 0 Å². The molecule has 4 heteroatoms. The molecule has 0 saturated heterocycles. The first-order chi connectivity index (χ1) is 9.75. The normalized spacial score (nSPS) is 10.7. The molecule has 20 heavy (non-hydrogen) atoms. The highest BCUT2D eigenvalue weighted by Gasteiger charge is 1.99. The minimum absolute atomic E-state index is 0.810. The van der Waals surface area contributed by atoms with Gasteiger partial charge in [-0.05, 0) is 37.5 Å². The van der Waals surface area contributed by atoms with Crippen molar-refractivity contribution < 1.29 is 0 Å². The molecule has 2 rings (SSSR count). The van der Waals surface area contributed by atoms with Crippen molar-refractivity contribution in [3.63, 3.8) is 0 Å². The molecule has 0 saturated carbocycles. The highest BCUT2D eigenvalue weighted by Crippen LogP contribution is 2.22. The average Bonchev–Trinajstić information content (AvgIpc) is 2.93. The zero-order valence-electron chi connectivity index (χ0n) is 12.0. The van der Waals surface area contributed by atoms with Crippen LogP contribution >= 0.6 is 11.6 Å². The molecule has 1 N–H and O–H groups in total. The molecule has 0 aliphatic heterocycles. The lowest BCUT2D eigenvalue weighted by Gasteiger charge is -2.09. The van der Waals surface area contributed by atoms with E-state index < -0.39 is 0 Å². The van der Waals surface area contributed by atoms with E-state index in [2.05, 4.69) is 33.9 Å². The van der Waals surface area contributed by atoms with Crippen LogP contribution in [0.2, 0.25) is 5.02 Å². The van der Waals surface area contributed by atoms with Gasteiger partial charge in [0, 0.05) is 25.5 Å². The standard InChI is InChI=1S/C16H22ClN3/c1-14-6-7-16(15(17)12-14)19-8-4-2-3-5-10-20-11-9-18-13-20/h6-7,9,11-13,19H,2-5,8,10H2,1H3. The number of imidazole rings is 1. The van der Waals surface area contributed by atoms with Crippen LogP contribution in [0.15, 0.2) is 36.9 Å². The number of unbranched alkanes of at least 4 members (excludes halogenated alkanes) is 3. The molecule has 108 valence electrons. The van der Waals surface area contributed by atoms with Crippen LogP contribution in [0, 0.1) is 6.92 Å². The third-order valence-corrected chi connectivity index (χ3v) is 3.66. The van der Waals surface area contributed by atoms with Gasteiger partial charge in [0.15, 0.2) is 0 Å². The fourth-order valence-electron chi connectivity index (χ4n) is 2.18. The summed E-state index contributed by atoms with van der Waals surface area (Å²) in [7, 11) is 0. The summed E-state index contributed by atoms with van der Waals surface area (Å²) in [5.74, 6) is 0. The molecule has 0 radical (unpaired) electrons. The second kappa shape index (κ2) is 7.95. The Morgan fingerprint density at radius 3 is 2.80 bits per heavy atom. The number of hydrogen-bond donors (Lipinski definition) is 1. The van der Waals surface area contributed by atoms with E-state index in [0.717, 1.165) is 23.8 Å². The van der Waals surface area contributed by atoms with Crippen LogP contribution in [0.4, 0.5) is 5.69 Å². The lowest BCUT2D eigenvalue weighted by atomic mass is 10.2. The lowest BCUT2D eigenvalue weighted by molar-refractivity contribution is 0.577. The fourth-order valence-corrected chi connectivity index (χ4v) is 2.48. The highest BCUT2D eigenvalue weighted by molar-refractivity contribution is 6.33. The number of rotatable bonds is 8. The maximum atomic E-state index is 6.18. The van der Waals surface area contributed by atoms with E-state index in [-0.39, 0.29) is 0 Å². The van der Waals surface area contributed by atoms with Crippen molar-refractivity contribution in [2.45, 2.75) is 39.2 Å². The first kappa shape index (κ1) is 14.9. The predicted octanol–water partition coefficient (Wildman–Crippen LogP) is 4.52. The summed E-state index contributed by atoms with van der Waals surface area (Å²) in [4.78, 5) is 4.04. The van der Waals surface area contributed by atoms with Gasteiger partial charge in [-0.15, -0.1) is 0 Å². The molecule has 0 spiro atoms. The van der Waals surface area contributed by atoms with Crippen LogP contribution in [0.25, 0.3) is 0 Å². The quantitative estimate of drug-likeness (QED) is 0.725. The third kappa shape index (κ3) is 4.89. The summed E-state index contributed by atoms with van der Waals surface area (Å²) < 4.78 is 2.13. The maximum Gasteiger partial charge on any atom is 0.0945 e. The largest absolute Gasteiger partial charge is 0.384 e. The number of nitrogens with zero attached hydrogens (tertiary/aromatic N) is 2. The van der Waals surface area contributed by atoms with E-state index in [1.165, 1.54) is 31.2 Å². The molecule has 0 fully saturated rings. The third-order valence-electron chi connectivity index (χ3n) is 3.34. The van der Waals surface area contributed by atoms with Gasteiger partial charge in [-0.3, -0.25) is 0 Å². The first-order valence-electron chi connectivity index (χ1n) is 7.21. The van der Waals surface area contributed by atoms with Gasteiger partial charge in [-0.2, -0.15) is 0 Å². The lowest BCUT2D eigenvalue weighted by Crippen LogP contribution is -2.02. The molecule has 0 amide bonds. The summed E-state index contributed by atoms with van der Waals surface area (Å²) in [6.07, 6.45) is 10.6. The SMILES string of the molecule is Cc1ccc(NCCCCCCn2ccnc2)c(Cl)c1. The molecule has 0 aliphatic rings. The van der Waals surface area contributed by atoms with Crippen molar-refractivity contribution in [1.82, 2.24) is 9.55 Å². The Labute approximate surface area is 126 Å². The van der Waals surface area contributed by atoms with Gasteiger partial charge in [0.05, 0.1) is 17.0 Å². The van der Waals surface area contributed by atoms with Crippen LogP contribution in [0.5, 0.6) is 0 Å². The molecule has 0 bridgehead atoms. The van der Waals surface area contributed by atoms with E-state index in [1.807, 2.05) is 24.8 Å². The van der Waals surface area contributed by atoms with Crippen molar-refractivity contribution in [2.75, 3.05) is 11.9 Å². The second-order valence-electron chi connectivity index (χ2n) is 5.12. The van der Waals surface area contributed by atoms with Gasteiger partial charge >= 0.3 is 0 Å². The summed E-state index contributed by atoms with van der Waals surface area (Å²) in [5, 5.41) is 4.21. The number of nitrogens with one attached hydrogen (secondary N) is 1. The Bertz CT molecular complexity index is 508. The number of anilines is 1. The van der Waals surface area contributed by atoms with Crippen LogP contribution in [-0.2, 0) is 6.54 Å². The van der Waals surface area contributed by atoms with Gasteiger partial charge in [-0.1, -0.05) is 30.5 Å². The van der Waals surface area contributed by atoms with E-state index in [1.54, 1.807) is 0 Å². The number of aryl methyl sites for hydroxylation is 2. The van der Waals surface area contributed by atoms with Crippen LogP contribution in [-0.4, -0.2) is 16.1 Å². The Kier molecular flexibility index (Phi) is 5.93. The van der Waals surface area contributed by atoms with Crippen LogP contribution in [0.3, 0.4) is 0 Å². The molecule has 1 aromatic heterocycles. The molecule has 0 aliphatic carbocycles. The van der Waals surface area contributed by atoms with Gasteiger partial charge in [-0.25, -0.2) is 4.98 Å². The van der Waals surface area contributed by atoms with Crippen molar-refractivity contribution >= 4 is 17.3 Å². The van der Waals surface area contributed by atoms with Crippen molar-refractivity contribution in [3.05, 3.63) is 47.5 Å².